The molecule has 1 aromatic carbocycles. The molecule has 0 spiro atoms. The van der Waals surface area contributed by atoms with Gasteiger partial charge < -0.3 is 25.3 Å². The van der Waals surface area contributed by atoms with Crippen LogP contribution in [-0.2, 0) is 17.4 Å². The van der Waals surface area contributed by atoms with E-state index in [9.17, 15) is 22.8 Å². The number of carbonyl (C=O) groups excluding carboxylic acids is 2. The first-order chi connectivity index (χ1) is 21.5. The minimum absolute atomic E-state index is 0.0433. The second-order valence-electron chi connectivity index (χ2n) is 13.2. The molecule has 3 aliphatic rings. The Bertz CT molecular complexity index is 1310. The van der Waals surface area contributed by atoms with E-state index in [0.29, 0.717) is 36.6 Å². The maximum absolute atomic E-state index is 14.0. The van der Waals surface area contributed by atoms with Crippen LogP contribution in [0.2, 0.25) is 0 Å². The number of amides is 2. The fourth-order valence-corrected chi connectivity index (χ4v) is 6.96. The molecule has 12 heteroatoms. The van der Waals surface area contributed by atoms with E-state index in [4.69, 9.17) is 0 Å². The lowest BCUT2D eigenvalue weighted by atomic mass is 9.89. The van der Waals surface area contributed by atoms with Crippen molar-refractivity contribution in [2.75, 3.05) is 59.2 Å². The van der Waals surface area contributed by atoms with Crippen molar-refractivity contribution in [3.63, 3.8) is 0 Å². The summed E-state index contributed by atoms with van der Waals surface area (Å²) in [5.41, 5.74) is 0.124. The number of anilines is 2. The number of benzene rings is 1. The summed E-state index contributed by atoms with van der Waals surface area (Å²) in [6.07, 6.45) is 2.33. The molecule has 3 fully saturated rings. The summed E-state index contributed by atoms with van der Waals surface area (Å²) in [5, 5.41) is 6.10. The summed E-state index contributed by atoms with van der Waals surface area (Å²) >= 11 is 0. The third-order valence-corrected chi connectivity index (χ3v) is 9.97. The standard InChI is InChI=1S/C33H46F3N7O2/c1-41-15-11-22(12-16-41)20-37-30(44)27-6-4-5-24(27)19-29-28(33(34,35)36)21-38-32(40-29)39-25-9-7-23(8-10-25)31(45)43(3)26-13-17-42(2)18-14-26/h7-10,21-22,24,26-27H,4-6,11-20H2,1-3H3,(H,37,44)(H,38,39,40)/t24-,27-/m0/s1. The van der Waals surface area contributed by atoms with Crippen molar-refractivity contribution < 1.29 is 22.8 Å². The van der Waals surface area contributed by atoms with Gasteiger partial charge in [0.1, 0.15) is 0 Å². The molecule has 0 unspecified atom stereocenters. The number of aromatic nitrogens is 2. The number of rotatable bonds is 9. The maximum Gasteiger partial charge on any atom is 0.419 e. The number of likely N-dealkylation sites (tertiary alicyclic amines) is 2. The van der Waals surface area contributed by atoms with Gasteiger partial charge in [0.05, 0.1) is 11.3 Å². The number of nitrogens with zero attached hydrogens (tertiary/aromatic N) is 5. The maximum atomic E-state index is 14.0. The van der Waals surface area contributed by atoms with Crippen LogP contribution in [0.1, 0.15) is 66.6 Å². The van der Waals surface area contributed by atoms with Crippen molar-refractivity contribution in [1.82, 2.24) is 30.0 Å². The molecule has 9 nitrogen and oxygen atoms in total. The average Bonchev–Trinajstić information content (AvgIpc) is 3.48. The molecule has 5 rings (SSSR count). The molecule has 3 heterocycles. The van der Waals surface area contributed by atoms with Crippen LogP contribution in [0.25, 0.3) is 0 Å². The van der Waals surface area contributed by atoms with Gasteiger partial charge in [-0.2, -0.15) is 13.2 Å². The number of piperidine rings is 2. The lowest BCUT2D eigenvalue weighted by molar-refractivity contribution is -0.138. The van der Waals surface area contributed by atoms with Crippen molar-refractivity contribution in [2.24, 2.45) is 17.8 Å². The second-order valence-corrected chi connectivity index (χ2v) is 13.2. The van der Waals surface area contributed by atoms with Gasteiger partial charge in [0.15, 0.2) is 0 Å². The van der Waals surface area contributed by atoms with Crippen LogP contribution < -0.4 is 10.6 Å². The lowest BCUT2D eigenvalue weighted by Gasteiger charge is -2.35. The first kappa shape index (κ1) is 33.1. The van der Waals surface area contributed by atoms with Crippen LogP contribution in [0.4, 0.5) is 24.8 Å². The summed E-state index contributed by atoms with van der Waals surface area (Å²) in [6.45, 7) is 4.54. The third kappa shape index (κ3) is 8.52. The molecule has 2 N–H and O–H groups in total. The molecule has 0 bridgehead atoms. The predicted octanol–water partition coefficient (Wildman–Crippen LogP) is 4.82. The zero-order valence-electron chi connectivity index (χ0n) is 26.6. The smallest absolute Gasteiger partial charge is 0.356 e. The van der Waals surface area contributed by atoms with Crippen molar-refractivity contribution in [3.05, 3.63) is 47.3 Å². The zero-order chi connectivity index (χ0) is 32.1. The first-order valence-corrected chi connectivity index (χ1v) is 16.2. The highest BCUT2D eigenvalue weighted by atomic mass is 19.4. The van der Waals surface area contributed by atoms with E-state index < -0.39 is 11.7 Å². The van der Waals surface area contributed by atoms with Gasteiger partial charge in [-0.15, -0.1) is 0 Å². The summed E-state index contributed by atoms with van der Waals surface area (Å²) in [4.78, 5) is 40.8. The molecule has 1 saturated carbocycles. The van der Waals surface area contributed by atoms with Crippen LogP contribution in [0.15, 0.2) is 30.5 Å². The quantitative estimate of drug-likeness (QED) is 0.411. The summed E-state index contributed by atoms with van der Waals surface area (Å²) in [7, 11) is 6.00. The highest BCUT2D eigenvalue weighted by molar-refractivity contribution is 5.94. The van der Waals surface area contributed by atoms with E-state index in [2.05, 4.69) is 44.5 Å². The summed E-state index contributed by atoms with van der Waals surface area (Å²) in [6, 6.07) is 7.01. The molecular formula is C33H46F3N7O2. The van der Waals surface area contributed by atoms with Gasteiger partial charge in [0.2, 0.25) is 11.9 Å². The third-order valence-electron chi connectivity index (χ3n) is 9.97. The molecule has 2 aromatic rings. The average molecular weight is 630 g/mol. The monoisotopic (exact) mass is 629 g/mol. The van der Waals surface area contributed by atoms with Crippen LogP contribution in [0, 0.1) is 17.8 Å². The highest BCUT2D eigenvalue weighted by Gasteiger charge is 2.39. The van der Waals surface area contributed by atoms with Gasteiger partial charge in [-0.05, 0) is 121 Å². The van der Waals surface area contributed by atoms with Gasteiger partial charge in [-0.3, -0.25) is 9.59 Å². The molecule has 0 radical (unpaired) electrons. The second kappa shape index (κ2) is 14.5. The largest absolute Gasteiger partial charge is 0.419 e. The topological polar surface area (TPSA) is 93.7 Å². The molecule has 2 saturated heterocycles. The van der Waals surface area contributed by atoms with E-state index in [1.165, 1.54) is 0 Å². The summed E-state index contributed by atoms with van der Waals surface area (Å²) in [5.74, 6) is -0.204. The zero-order valence-corrected chi connectivity index (χ0v) is 26.6. The molecule has 1 aromatic heterocycles. The minimum atomic E-state index is -4.61. The highest BCUT2D eigenvalue weighted by Crippen LogP contribution is 2.38. The van der Waals surface area contributed by atoms with Crippen molar-refractivity contribution in [2.45, 2.75) is 63.6 Å². The Kier molecular flexibility index (Phi) is 10.6. The number of halogens is 3. The van der Waals surface area contributed by atoms with Crippen LogP contribution in [-0.4, -0.2) is 96.4 Å². The van der Waals surface area contributed by atoms with Gasteiger partial charge in [0.25, 0.3) is 5.91 Å². The Morgan fingerprint density at radius 3 is 2.24 bits per heavy atom. The molecule has 1 aliphatic carbocycles. The molecular weight excluding hydrogens is 583 g/mol. The van der Waals surface area contributed by atoms with E-state index in [1.807, 2.05) is 7.05 Å². The first-order valence-electron chi connectivity index (χ1n) is 16.2. The Morgan fingerprint density at radius 1 is 0.956 bits per heavy atom. The fourth-order valence-electron chi connectivity index (χ4n) is 6.96. The number of nitrogens with one attached hydrogen (secondary N) is 2. The van der Waals surface area contributed by atoms with E-state index in [0.717, 1.165) is 64.5 Å². The van der Waals surface area contributed by atoms with Gasteiger partial charge in [-0.1, -0.05) is 6.42 Å². The fraction of sp³-hybridized carbons (Fsp3) is 0.636. The van der Waals surface area contributed by atoms with E-state index >= 15 is 0 Å². The molecule has 2 amide bonds. The number of hydrogen-bond acceptors (Lipinski definition) is 7. The number of carbonyl (C=O) groups is 2. The van der Waals surface area contributed by atoms with Crippen LogP contribution in [0.3, 0.4) is 0 Å². The van der Waals surface area contributed by atoms with Gasteiger partial charge in [0, 0.05) is 43.0 Å². The predicted molar refractivity (Wildman–Crippen MR) is 167 cm³/mol. The summed E-state index contributed by atoms with van der Waals surface area (Å²) < 4.78 is 42.0. The van der Waals surface area contributed by atoms with E-state index in [1.54, 1.807) is 29.2 Å². The SMILES string of the molecule is CN1CCC(CNC(=O)[C@H]2CCC[C@H]2Cc2nc(Nc3ccc(C(=O)N(C)C4CCN(C)CC4)cc3)ncc2C(F)(F)F)CC1. The van der Waals surface area contributed by atoms with Crippen molar-refractivity contribution in [3.8, 4) is 0 Å². The van der Waals surface area contributed by atoms with Crippen LogP contribution >= 0.6 is 0 Å². The lowest BCUT2D eigenvalue weighted by Crippen LogP contribution is -2.44. The number of hydrogen-bond donors (Lipinski definition) is 2. The normalized spacial score (nSPS) is 22.4. The number of alkyl halides is 3. The van der Waals surface area contributed by atoms with Crippen molar-refractivity contribution >= 4 is 23.5 Å². The minimum Gasteiger partial charge on any atom is -0.356 e. The van der Waals surface area contributed by atoms with Crippen LogP contribution in [0.5, 0.6) is 0 Å². The van der Waals surface area contributed by atoms with Gasteiger partial charge >= 0.3 is 6.18 Å². The van der Waals surface area contributed by atoms with E-state index in [-0.39, 0.29) is 47.8 Å². The molecule has 2 aliphatic heterocycles. The Hall–Kier alpha value is -3.25. The Labute approximate surface area is 264 Å². The van der Waals surface area contributed by atoms with Crippen molar-refractivity contribution in [1.29, 1.82) is 0 Å². The Morgan fingerprint density at radius 2 is 1.60 bits per heavy atom. The molecule has 246 valence electrons. The molecule has 2 atom stereocenters. The van der Waals surface area contributed by atoms with Gasteiger partial charge in [-0.25, -0.2) is 9.97 Å². The Balaban J connectivity index is 1.23. The molecule has 45 heavy (non-hydrogen) atoms.